The lowest BCUT2D eigenvalue weighted by atomic mass is 10.1. The van der Waals surface area contributed by atoms with Gasteiger partial charge in [0.15, 0.2) is 5.96 Å². The van der Waals surface area contributed by atoms with Gasteiger partial charge in [0, 0.05) is 51.3 Å². The SMILES string of the molecule is CCC(CCNC(=NC)NCc1ccc(C)cc1OCC1CCCO1)N1CCCC1=O.I. The van der Waals surface area contributed by atoms with Gasteiger partial charge in [-0.2, -0.15) is 0 Å². The molecule has 0 aliphatic carbocycles. The monoisotopic (exact) mass is 558 g/mol. The first-order valence-electron chi connectivity index (χ1n) is 11.7. The van der Waals surface area contributed by atoms with E-state index in [1.54, 1.807) is 7.05 Å². The molecule has 0 saturated carbocycles. The summed E-state index contributed by atoms with van der Waals surface area (Å²) in [6.45, 7) is 7.96. The normalized spacial score (nSPS) is 19.6. The van der Waals surface area contributed by atoms with E-state index in [4.69, 9.17) is 9.47 Å². The summed E-state index contributed by atoms with van der Waals surface area (Å²) in [4.78, 5) is 18.4. The van der Waals surface area contributed by atoms with Crippen molar-refractivity contribution in [3.63, 3.8) is 0 Å². The Morgan fingerprint density at radius 2 is 2.19 bits per heavy atom. The van der Waals surface area contributed by atoms with E-state index < -0.39 is 0 Å². The maximum atomic E-state index is 12.0. The number of halogens is 1. The van der Waals surface area contributed by atoms with Gasteiger partial charge >= 0.3 is 0 Å². The van der Waals surface area contributed by atoms with Crippen molar-refractivity contribution in [1.29, 1.82) is 0 Å². The summed E-state index contributed by atoms with van der Waals surface area (Å²) in [6.07, 6.45) is 5.96. The van der Waals surface area contributed by atoms with E-state index in [0.29, 0.717) is 31.5 Å². The number of aryl methyl sites for hydroxylation is 1. The van der Waals surface area contributed by atoms with Crippen molar-refractivity contribution >= 4 is 35.8 Å². The molecule has 2 aliphatic heterocycles. The Labute approximate surface area is 209 Å². The van der Waals surface area contributed by atoms with E-state index >= 15 is 0 Å². The Morgan fingerprint density at radius 1 is 1.34 bits per heavy atom. The van der Waals surface area contributed by atoms with Crippen molar-refractivity contribution < 1.29 is 14.3 Å². The van der Waals surface area contributed by atoms with Crippen LogP contribution in [0, 0.1) is 6.92 Å². The third-order valence-corrected chi connectivity index (χ3v) is 6.13. The first-order chi connectivity index (χ1) is 15.1. The number of carbonyl (C=O) groups is 1. The van der Waals surface area contributed by atoms with E-state index in [1.807, 2.05) is 4.90 Å². The molecule has 2 saturated heterocycles. The predicted octanol–water partition coefficient (Wildman–Crippen LogP) is 3.63. The molecule has 180 valence electrons. The van der Waals surface area contributed by atoms with Gasteiger partial charge in [-0.15, -0.1) is 24.0 Å². The molecule has 0 radical (unpaired) electrons. The molecule has 0 aromatic heterocycles. The second-order valence-electron chi connectivity index (χ2n) is 8.45. The zero-order valence-electron chi connectivity index (χ0n) is 19.7. The lowest BCUT2D eigenvalue weighted by molar-refractivity contribution is -0.129. The second kappa shape index (κ2) is 13.9. The number of rotatable bonds is 10. The van der Waals surface area contributed by atoms with Crippen LogP contribution in [0.2, 0.25) is 0 Å². The molecule has 32 heavy (non-hydrogen) atoms. The number of hydrogen-bond donors (Lipinski definition) is 2. The molecular weight excluding hydrogens is 519 g/mol. The van der Waals surface area contributed by atoms with Crippen LogP contribution in [0.5, 0.6) is 5.75 Å². The van der Waals surface area contributed by atoms with Gasteiger partial charge in [0.1, 0.15) is 12.4 Å². The van der Waals surface area contributed by atoms with Crippen LogP contribution in [0.15, 0.2) is 23.2 Å². The third-order valence-electron chi connectivity index (χ3n) is 6.13. The highest BCUT2D eigenvalue weighted by atomic mass is 127. The van der Waals surface area contributed by atoms with Crippen LogP contribution in [-0.4, -0.2) is 62.3 Å². The van der Waals surface area contributed by atoms with Crippen LogP contribution >= 0.6 is 24.0 Å². The van der Waals surface area contributed by atoms with Crippen LogP contribution in [-0.2, 0) is 16.1 Å². The van der Waals surface area contributed by atoms with E-state index in [-0.39, 0.29) is 30.1 Å². The number of likely N-dealkylation sites (tertiary alicyclic amines) is 1. The van der Waals surface area contributed by atoms with Crippen molar-refractivity contribution in [2.45, 2.75) is 71.1 Å². The van der Waals surface area contributed by atoms with Gasteiger partial charge in [0.2, 0.25) is 5.91 Å². The van der Waals surface area contributed by atoms with E-state index in [1.165, 1.54) is 5.56 Å². The molecule has 3 rings (SSSR count). The minimum absolute atomic E-state index is 0. The van der Waals surface area contributed by atoms with E-state index in [0.717, 1.165) is 69.1 Å². The molecule has 1 aromatic carbocycles. The first kappa shape index (κ1) is 26.7. The Bertz CT molecular complexity index is 753. The molecule has 8 heteroatoms. The number of amides is 1. The zero-order valence-corrected chi connectivity index (χ0v) is 22.0. The maximum absolute atomic E-state index is 12.0. The average molecular weight is 559 g/mol. The third kappa shape index (κ3) is 7.79. The summed E-state index contributed by atoms with van der Waals surface area (Å²) in [5.41, 5.74) is 2.27. The Morgan fingerprint density at radius 3 is 2.84 bits per heavy atom. The highest BCUT2D eigenvalue weighted by molar-refractivity contribution is 14.0. The standard InChI is InChI=1S/C24H38N4O3.HI/c1-4-20(28-13-5-8-23(28)29)11-12-26-24(25-3)27-16-19-10-9-18(2)15-22(19)31-17-21-7-6-14-30-21;/h9-10,15,20-21H,4-8,11-14,16-17H2,1-3H3,(H2,25,26,27);1H. The zero-order chi connectivity index (χ0) is 22.1. The molecule has 0 spiro atoms. The summed E-state index contributed by atoms with van der Waals surface area (Å²) < 4.78 is 11.8. The quantitative estimate of drug-likeness (QED) is 0.261. The fourth-order valence-electron chi connectivity index (χ4n) is 4.29. The van der Waals surface area contributed by atoms with Crippen LogP contribution < -0.4 is 15.4 Å². The van der Waals surface area contributed by atoms with Crippen molar-refractivity contribution in [3.8, 4) is 5.75 Å². The van der Waals surface area contributed by atoms with Gasteiger partial charge < -0.3 is 25.0 Å². The minimum Gasteiger partial charge on any atom is -0.491 e. The lowest BCUT2D eigenvalue weighted by Gasteiger charge is -2.27. The largest absolute Gasteiger partial charge is 0.491 e. The van der Waals surface area contributed by atoms with Gasteiger partial charge in [-0.05, 0) is 50.7 Å². The molecule has 1 amide bonds. The van der Waals surface area contributed by atoms with Crippen molar-refractivity contribution in [2.24, 2.45) is 4.99 Å². The molecule has 7 nitrogen and oxygen atoms in total. The van der Waals surface area contributed by atoms with Gasteiger partial charge in [0.25, 0.3) is 0 Å². The fraction of sp³-hybridized carbons (Fsp3) is 0.667. The first-order valence-corrected chi connectivity index (χ1v) is 11.7. The van der Waals surface area contributed by atoms with E-state index in [9.17, 15) is 4.79 Å². The molecule has 2 N–H and O–H groups in total. The molecule has 2 unspecified atom stereocenters. The van der Waals surface area contributed by atoms with Crippen LogP contribution in [0.3, 0.4) is 0 Å². The van der Waals surface area contributed by atoms with Crippen LogP contribution in [0.4, 0.5) is 0 Å². The molecular formula is C24H39IN4O3. The molecule has 1 aromatic rings. The Hall–Kier alpha value is -1.55. The lowest BCUT2D eigenvalue weighted by Crippen LogP contribution is -2.41. The Kier molecular flexibility index (Phi) is 11.6. The van der Waals surface area contributed by atoms with E-state index in [2.05, 4.69) is 47.7 Å². The average Bonchev–Trinajstić information content (AvgIpc) is 3.44. The number of benzene rings is 1. The summed E-state index contributed by atoms with van der Waals surface area (Å²) in [5, 5.41) is 6.78. The number of hydrogen-bond acceptors (Lipinski definition) is 4. The fourth-order valence-corrected chi connectivity index (χ4v) is 4.29. The predicted molar refractivity (Wildman–Crippen MR) is 139 cm³/mol. The van der Waals surface area contributed by atoms with Gasteiger partial charge in [-0.1, -0.05) is 19.1 Å². The van der Waals surface area contributed by atoms with Gasteiger partial charge in [-0.25, -0.2) is 0 Å². The number of ether oxygens (including phenoxy) is 2. The number of aliphatic imine (C=N–C) groups is 1. The second-order valence-corrected chi connectivity index (χ2v) is 8.45. The summed E-state index contributed by atoms with van der Waals surface area (Å²) in [7, 11) is 1.78. The Balaban J connectivity index is 0.00000363. The maximum Gasteiger partial charge on any atom is 0.222 e. The topological polar surface area (TPSA) is 75.2 Å². The van der Waals surface area contributed by atoms with Crippen molar-refractivity contribution in [1.82, 2.24) is 15.5 Å². The number of nitrogens with zero attached hydrogens (tertiary/aromatic N) is 2. The molecule has 0 bridgehead atoms. The number of guanidine groups is 1. The van der Waals surface area contributed by atoms with Crippen LogP contribution in [0.25, 0.3) is 0 Å². The number of carbonyl (C=O) groups excluding carboxylic acids is 1. The molecule has 2 atom stereocenters. The summed E-state index contributed by atoms with van der Waals surface area (Å²) >= 11 is 0. The van der Waals surface area contributed by atoms with Gasteiger partial charge in [0.05, 0.1) is 6.10 Å². The highest BCUT2D eigenvalue weighted by Gasteiger charge is 2.26. The molecule has 2 heterocycles. The van der Waals surface area contributed by atoms with Gasteiger partial charge in [-0.3, -0.25) is 9.79 Å². The smallest absolute Gasteiger partial charge is 0.222 e. The van der Waals surface area contributed by atoms with Crippen LogP contribution in [0.1, 0.15) is 56.6 Å². The van der Waals surface area contributed by atoms with Crippen molar-refractivity contribution in [2.75, 3.05) is 33.4 Å². The summed E-state index contributed by atoms with van der Waals surface area (Å²) in [5.74, 6) is 1.95. The summed E-state index contributed by atoms with van der Waals surface area (Å²) in [6, 6.07) is 6.59. The number of nitrogens with one attached hydrogen (secondary N) is 2. The van der Waals surface area contributed by atoms with Crippen molar-refractivity contribution in [3.05, 3.63) is 29.3 Å². The minimum atomic E-state index is 0. The molecule has 2 fully saturated rings. The molecule has 2 aliphatic rings. The highest BCUT2D eigenvalue weighted by Crippen LogP contribution is 2.22.